The Balaban J connectivity index is 1.97. The number of amides is 1. The maximum atomic E-state index is 12.3. The van der Waals surface area contributed by atoms with Crippen LogP contribution in [-0.4, -0.2) is 28.9 Å². The minimum absolute atomic E-state index is 0.135. The predicted molar refractivity (Wildman–Crippen MR) is 90.3 cm³/mol. The van der Waals surface area contributed by atoms with Crippen LogP contribution in [0.2, 0.25) is 10.0 Å². The first-order valence-corrected chi connectivity index (χ1v) is 7.59. The van der Waals surface area contributed by atoms with E-state index in [2.05, 4.69) is 10.3 Å². The lowest BCUT2D eigenvalue weighted by atomic mass is 10.2. The summed E-state index contributed by atoms with van der Waals surface area (Å²) in [6, 6.07) is 10.6. The molecule has 1 N–H and O–H groups in total. The lowest BCUT2D eigenvalue weighted by Crippen LogP contribution is -2.39. The van der Waals surface area contributed by atoms with Gasteiger partial charge in [-0.05, 0) is 37.7 Å². The fraction of sp³-hybridized carbons (Fsp3) is 0.250. The summed E-state index contributed by atoms with van der Waals surface area (Å²) in [5, 5.41) is 3.99. The largest absolute Gasteiger partial charge is 0.309 e. The summed E-state index contributed by atoms with van der Waals surface area (Å²) in [4.78, 5) is 18.2. The number of nitrogens with one attached hydrogen (secondary N) is 1. The quantitative estimate of drug-likeness (QED) is 0.901. The molecule has 0 radical (unpaired) electrons. The molecule has 116 valence electrons. The standard InChI is InChI=1S/C16H17Cl2N3O/c1-11(16(22)20-15-8-7-13(17)9-19-15)21(2)10-12-5-3-4-6-14(12)18/h3-9,11H,10H2,1-2H3,(H,19,20,22). The first-order valence-electron chi connectivity index (χ1n) is 6.83. The Labute approximate surface area is 140 Å². The summed E-state index contributed by atoms with van der Waals surface area (Å²) in [7, 11) is 1.88. The number of benzene rings is 1. The van der Waals surface area contributed by atoms with Gasteiger partial charge in [-0.2, -0.15) is 0 Å². The Morgan fingerprint density at radius 1 is 1.27 bits per heavy atom. The van der Waals surface area contributed by atoms with E-state index in [9.17, 15) is 4.79 Å². The van der Waals surface area contributed by atoms with Gasteiger partial charge in [0.2, 0.25) is 5.91 Å². The van der Waals surface area contributed by atoms with Gasteiger partial charge in [0, 0.05) is 17.8 Å². The van der Waals surface area contributed by atoms with Gasteiger partial charge in [-0.25, -0.2) is 4.98 Å². The minimum Gasteiger partial charge on any atom is -0.309 e. The minimum atomic E-state index is -0.325. The smallest absolute Gasteiger partial charge is 0.242 e. The lowest BCUT2D eigenvalue weighted by Gasteiger charge is -2.24. The van der Waals surface area contributed by atoms with Crippen molar-refractivity contribution in [2.45, 2.75) is 19.5 Å². The number of carbonyl (C=O) groups is 1. The maximum Gasteiger partial charge on any atom is 0.242 e. The molecule has 4 nitrogen and oxygen atoms in total. The first kappa shape index (κ1) is 16.7. The molecular weight excluding hydrogens is 321 g/mol. The number of pyridine rings is 1. The van der Waals surface area contributed by atoms with Gasteiger partial charge in [0.15, 0.2) is 0 Å². The number of rotatable bonds is 5. The second-order valence-electron chi connectivity index (χ2n) is 5.03. The van der Waals surface area contributed by atoms with E-state index >= 15 is 0 Å². The molecule has 0 spiro atoms. The van der Waals surface area contributed by atoms with Crippen LogP contribution in [0.4, 0.5) is 5.82 Å². The summed E-state index contributed by atoms with van der Waals surface area (Å²) in [6.07, 6.45) is 1.50. The highest BCUT2D eigenvalue weighted by Gasteiger charge is 2.19. The van der Waals surface area contributed by atoms with Crippen LogP contribution in [-0.2, 0) is 11.3 Å². The fourth-order valence-corrected chi connectivity index (χ4v) is 2.22. The number of halogens is 2. The molecule has 0 bridgehead atoms. The van der Waals surface area contributed by atoms with E-state index in [1.807, 2.05) is 43.1 Å². The molecule has 2 aromatic rings. The van der Waals surface area contributed by atoms with E-state index in [1.165, 1.54) is 6.20 Å². The van der Waals surface area contributed by atoms with Crippen molar-refractivity contribution in [2.24, 2.45) is 0 Å². The van der Waals surface area contributed by atoms with Crippen molar-refractivity contribution in [2.75, 3.05) is 12.4 Å². The molecule has 6 heteroatoms. The van der Waals surface area contributed by atoms with Crippen LogP contribution in [0, 0.1) is 0 Å². The Hall–Kier alpha value is -1.62. The van der Waals surface area contributed by atoms with Crippen LogP contribution in [0.1, 0.15) is 12.5 Å². The van der Waals surface area contributed by atoms with E-state index in [-0.39, 0.29) is 11.9 Å². The molecule has 1 aromatic heterocycles. The molecular formula is C16H17Cl2N3O. The van der Waals surface area contributed by atoms with E-state index in [0.29, 0.717) is 22.4 Å². The van der Waals surface area contributed by atoms with Crippen LogP contribution in [0.5, 0.6) is 0 Å². The topological polar surface area (TPSA) is 45.2 Å². The Morgan fingerprint density at radius 3 is 2.64 bits per heavy atom. The highest BCUT2D eigenvalue weighted by molar-refractivity contribution is 6.31. The van der Waals surface area contributed by atoms with Crippen molar-refractivity contribution < 1.29 is 4.79 Å². The number of aromatic nitrogens is 1. The zero-order valence-electron chi connectivity index (χ0n) is 12.4. The van der Waals surface area contributed by atoms with Crippen molar-refractivity contribution in [3.63, 3.8) is 0 Å². The molecule has 2 rings (SSSR count). The van der Waals surface area contributed by atoms with Gasteiger partial charge in [0.25, 0.3) is 0 Å². The van der Waals surface area contributed by atoms with Crippen LogP contribution in [0.25, 0.3) is 0 Å². The van der Waals surface area contributed by atoms with E-state index in [1.54, 1.807) is 12.1 Å². The summed E-state index contributed by atoms with van der Waals surface area (Å²) >= 11 is 11.9. The van der Waals surface area contributed by atoms with Gasteiger partial charge >= 0.3 is 0 Å². The van der Waals surface area contributed by atoms with Crippen molar-refractivity contribution in [3.05, 3.63) is 58.2 Å². The average molecular weight is 338 g/mol. The zero-order chi connectivity index (χ0) is 16.1. The van der Waals surface area contributed by atoms with E-state index in [0.717, 1.165) is 5.56 Å². The van der Waals surface area contributed by atoms with E-state index in [4.69, 9.17) is 23.2 Å². The number of likely N-dealkylation sites (N-methyl/N-ethyl adjacent to an activating group) is 1. The number of carbonyl (C=O) groups excluding carboxylic acids is 1. The Morgan fingerprint density at radius 2 is 2.00 bits per heavy atom. The number of anilines is 1. The SMILES string of the molecule is CC(C(=O)Nc1ccc(Cl)cn1)N(C)Cc1ccccc1Cl. The highest BCUT2D eigenvalue weighted by Crippen LogP contribution is 2.18. The van der Waals surface area contributed by atoms with Crippen molar-refractivity contribution in [1.82, 2.24) is 9.88 Å². The van der Waals surface area contributed by atoms with Crippen LogP contribution >= 0.6 is 23.2 Å². The average Bonchev–Trinajstić information content (AvgIpc) is 2.51. The zero-order valence-corrected chi connectivity index (χ0v) is 13.9. The predicted octanol–water partition coefficient (Wildman–Crippen LogP) is 3.85. The van der Waals surface area contributed by atoms with Crippen LogP contribution in [0.3, 0.4) is 0 Å². The second kappa shape index (κ2) is 7.58. The van der Waals surface area contributed by atoms with Gasteiger partial charge in [0.05, 0.1) is 11.1 Å². The summed E-state index contributed by atoms with van der Waals surface area (Å²) in [5.41, 5.74) is 0.982. The van der Waals surface area contributed by atoms with Crippen LogP contribution < -0.4 is 5.32 Å². The number of hydrogen-bond acceptors (Lipinski definition) is 3. The molecule has 1 amide bonds. The van der Waals surface area contributed by atoms with Gasteiger partial charge in [0.1, 0.15) is 5.82 Å². The third kappa shape index (κ3) is 4.44. The number of hydrogen-bond donors (Lipinski definition) is 1. The van der Waals surface area contributed by atoms with E-state index < -0.39 is 0 Å². The Bertz CT molecular complexity index is 646. The summed E-state index contributed by atoms with van der Waals surface area (Å²) in [5.74, 6) is 0.344. The maximum absolute atomic E-state index is 12.3. The normalized spacial score (nSPS) is 12.2. The monoisotopic (exact) mass is 337 g/mol. The van der Waals surface area contributed by atoms with Gasteiger partial charge < -0.3 is 5.32 Å². The third-order valence-corrected chi connectivity index (χ3v) is 3.99. The van der Waals surface area contributed by atoms with Gasteiger partial charge in [-0.15, -0.1) is 0 Å². The molecule has 0 aliphatic carbocycles. The number of nitrogens with zero attached hydrogens (tertiary/aromatic N) is 2. The van der Waals surface area contributed by atoms with Gasteiger partial charge in [-0.1, -0.05) is 41.4 Å². The molecule has 0 aliphatic heterocycles. The van der Waals surface area contributed by atoms with Crippen molar-refractivity contribution in [1.29, 1.82) is 0 Å². The first-order chi connectivity index (χ1) is 10.5. The molecule has 1 heterocycles. The molecule has 0 aliphatic rings. The summed E-state index contributed by atoms with van der Waals surface area (Å²) in [6.45, 7) is 2.42. The summed E-state index contributed by atoms with van der Waals surface area (Å²) < 4.78 is 0. The molecule has 0 saturated heterocycles. The molecule has 22 heavy (non-hydrogen) atoms. The van der Waals surface area contributed by atoms with Gasteiger partial charge in [-0.3, -0.25) is 9.69 Å². The molecule has 0 fully saturated rings. The third-order valence-electron chi connectivity index (χ3n) is 3.40. The Kier molecular flexibility index (Phi) is 5.77. The second-order valence-corrected chi connectivity index (χ2v) is 5.88. The molecule has 1 unspecified atom stereocenters. The molecule has 1 aromatic carbocycles. The van der Waals surface area contributed by atoms with Crippen molar-refractivity contribution in [3.8, 4) is 0 Å². The highest BCUT2D eigenvalue weighted by atomic mass is 35.5. The van der Waals surface area contributed by atoms with Crippen LogP contribution in [0.15, 0.2) is 42.6 Å². The lowest BCUT2D eigenvalue weighted by molar-refractivity contribution is -0.120. The fourth-order valence-electron chi connectivity index (χ4n) is 1.91. The molecule has 1 atom stereocenters. The van der Waals surface area contributed by atoms with Crippen molar-refractivity contribution >= 4 is 34.9 Å². The molecule has 0 saturated carbocycles.